The van der Waals surface area contributed by atoms with E-state index in [2.05, 4.69) is 15.9 Å². The smallest absolute Gasteiger partial charge is 0.332 e. The number of halogens is 3. The molecule has 0 saturated heterocycles. The number of aliphatic carboxylic acids is 1. The standard InChI is InChI=1S/C16H11BrCl2N2O4S/c1-7-12-14(24)20(5-8-2-3-9(18)10(19)4-8)16(25)21(6-11(22)23)15(12)26-13(7)17/h2-4H,5-6H2,1H3,(H,22,23). The van der Waals surface area contributed by atoms with Crippen LogP contribution in [0.4, 0.5) is 0 Å². The molecular weight excluding hydrogens is 467 g/mol. The number of fused-ring (bicyclic) bond motifs is 1. The number of hydrogen-bond donors (Lipinski definition) is 1. The second kappa shape index (κ2) is 7.19. The predicted octanol–water partition coefficient (Wildman–Crippen LogP) is 3.74. The molecule has 0 bridgehead atoms. The van der Waals surface area contributed by atoms with Crippen molar-refractivity contribution >= 4 is 66.7 Å². The number of thiophene rings is 1. The Morgan fingerprint density at radius 2 is 1.92 bits per heavy atom. The number of carboxylic acid groups (broad SMARTS) is 1. The first-order valence-corrected chi connectivity index (χ1v) is 9.65. The van der Waals surface area contributed by atoms with E-state index in [0.29, 0.717) is 35.2 Å². The summed E-state index contributed by atoms with van der Waals surface area (Å²) in [5.74, 6) is -1.17. The van der Waals surface area contributed by atoms with Crippen LogP contribution in [0.25, 0.3) is 10.2 Å². The van der Waals surface area contributed by atoms with Crippen LogP contribution in [-0.2, 0) is 17.9 Å². The minimum Gasteiger partial charge on any atom is -0.480 e. The van der Waals surface area contributed by atoms with E-state index in [9.17, 15) is 14.4 Å². The van der Waals surface area contributed by atoms with E-state index in [0.717, 1.165) is 20.5 Å². The van der Waals surface area contributed by atoms with Gasteiger partial charge in [0, 0.05) is 0 Å². The number of aromatic nitrogens is 2. The van der Waals surface area contributed by atoms with Crippen molar-refractivity contribution in [2.75, 3.05) is 0 Å². The molecule has 0 fully saturated rings. The first-order chi connectivity index (χ1) is 12.2. The van der Waals surface area contributed by atoms with Gasteiger partial charge in [0.2, 0.25) is 0 Å². The third kappa shape index (κ3) is 3.34. The molecule has 0 radical (unpaired) electrons. The zero-order chi connectivity index (χ0) is 19.2. The highest BCUT2D eigenvalue weighted by Gasteiger charge is 2.20. The lowest BCUT2D eigenvalue weighted by molar-refractivity contribution is -0.137. The Labute approximate surface area is 169 Å². The summed E-state index contributed by atoms with van der Waals surface area (Å²) in [4.78, 5) is 37.3. The Hall–Kier alpha value is -1.61. The fourth-order valence-corrected chi connectivity index (χ4v) is 4.60. The molecule has 0 unspecified atom stereocenters. The van der Waals surface area contributed by atoms with E-state index in [1.54, 1.807) is 25.1 Å². The average Bonchev–Trinajstić information content (AvgIpc) is 2.86. The zero-order valence-corrected chi connectivity index (χ0v) is 17.2. The first kappa shape index (κ1) is 19.2. The number of hydrogen-bond acceptors (Lipinski definition) is 4. The van der Waals surface area contributed by atoms with Gasteiger partial charge in [-0.3, -0.25) is 18.7 Å². The SMILES string of the molecule is Cc1c(Br)sc2c1c(=O)n(Cc1ccc(Cl)c(Cl)c1)c(=O)n2CC(=O)O. The monoisotopic (exact) mass is 476 g/mol. The fraction of sp³-hybridized carbons (Fsp3) is 0.188. The lowest BCUT2D eigenvalue weighted by Gasteiger charge is -2.11. The summed E-state index contributed by atoms with van der Waals surface area (Å²) in [6.45, 7) is 1.16. The van der Waals surface area contributed by atoms with Crippen LogP contribution < -0.4 is 11.2 Å². The Kier molecular flexibility index (Phi) is 5.30. The number of aryl methyl sites for hydroxylation is 1. The van der Waals surface area contributed by atoms with Gasteiger partial charge in [-0.1, -0.05) is 29.3 Å². The molecule has 1 N–H and O–H groups in total. The van der Waals surface area contributed by atoms with Crippen LogP contribution in [0.5, 0.6) is 0 Å². The molecule has 10 heteroatoms. The van der Waals surface area contributed by atoms with E-state index in [1.165, 1.54) is 0 Å². The number of rotatable bonds is 4. The van der Waals surface area contributed by atoms with Crippen LogP contribution >= 0.6 is 50.5 Å². The Morgan fingerprint density at radius 3 is 2.54 bits per heavy atom. The molecule has 2 aromatic heterocycles. The van der Waals surface area contributed by atoms with Crippen LogP contribution in [0.15, 0.2) is 31.6 Å². The number of nitrogens with zero attached hydrogens (tertiary/aromatic N) is 2. The van der Waals surface area contributed by atoms with Gasteiger partial charge in [-0.15, -0.1) is 11.3 Å². The molecule has 0 aliphatic carbocycles. The minimum atomic E-state index is -1.17. The molecule has 0 atom stereocenters. The normalized spacial score (nSPS) is 11.2. The van der Waals surface area contributed by atoms with Gasteiger partial charge < -0.3 is 5.11 Å². The van der Waals surface area contributed by atoms with E-state index >= 15 is 0 Å². The largest absolute Gasteiger partial charge is 0.480 e. The molecule has 0 aliphatic rings. The van der Waals surface area contributed by atoms with Crippen molar-refractivity contribution < 1.29 is 9.90 Å². The summed E-state index contributed by atoms with van der Waals surface area (Å²) in [7, 11) is 0. The van der Waals surface area contributed by atoms with Gasteiger partial charge in [0.15, 0.2) is 0 Å². The minimum absolute atomic E-state index is 0.0446. The van der Waals surface area contributed by atoms with Gasteiger partial charge >= 0.3 is 11.7 Å². The van der Waals surface area contributed by atoms with E-state index in [-0.39, 0.29) is 6.54 Å². The van der Waals surface area contributed by atoms with Gasteiger partial charge in [-0.25, -0.2) is 4.79 Å². The van der Waals surface area contributed by atoms with Gasteiger partial charge in [0.25, 0.3) is 5.56 Å². The van der Waals surface area contributed by atoms with Gasteiger partial charge in [-0.05, 0) is 46.1 Å². The second-order valence-electron chi connectivity index (χ2n) is 5.58. The molecule has 1 aromatic carbocycles. The summed E-state index contributed by atoms with van der Waals surface area (Å²) in [5.41, 5.74) is 0.102. The quantitative estimate of drug-likeness (QED) is 0.620. The first-order valence-electron chi connectivity index (χ1n) is 7.28. The van der Waals surface area contributed by atoms with E-state index in [4.69, 9.17) is 28.3 Å². The van der Waals surface area contributed by atoms with Crippen molar-refractivity contribution in [3.63, 3.8) is 0 Å². The van der Waals surface area contributed by atoms with Gasteiger partial charge in [-0.2, -0.15) is 0 Å². The second-order valence-corrected chi connectivity index (χ2v) is 8.71. The Balaban J connectivity index is 2.29. The van der Waals surface area contributed by atoms with Crippen molar-refractivity contribution in [3.8, 4) is 0 Å². The van der Waals surface area contributed by atoms with Crippen molar-refractivity contribution in [3.05, 3.63) is 64.0 Å². The summed E-state index contributed by atoms with van der Waals surface area (Å²) in [6, 6.07) is 4.80. The lowest BCUT2D eigenvalue weighted by atomic mass is 10.2. The number of benzene rings is 1. The van der Waals surface area contributed by atoms with E-state index in [1.807, 2.05) is 0 Å². The fourth-order valence-electron chi connectivity index (χ4n) is 2.60. The number of carbonyl (C=O) groups is 1. The zero-order valence-electron chi connectivity index (χ0n) is 13.3. The molecule has 0 saturated carbocycles. The van der Waals surface area contributed by atoms with Crippen LogP contribution in [0.3, 0.4) is 0 Å². The summed E-state index contributed by atoms with van der Waals surface area (Å²) < 4.78 is 2.78. The molecule has 6 nitrogen and oxygen atoms in total. The molecular formula is C16H11BrCl2N2O4S. The maximum atomic E-state index is 12.9. The van der Waals surface area contributed by atoms with E-state index < -0.39 is 23.8 Å². The average molecular weight is 478 g/mol. The molecule has 136 valence electrons. The van der Waals surface area contributed by atoms with Crippen molar-refractivity contribution in [1.29, 1.82) is 0 Å². The van der Waals surface area contributed by atoms with Gasteiger partial charge in [0.1, 0.15) is 11.4 Å². The van der Waals surface area contributed by atoms with Crippen molar-refractivity contribution in [2.45, 2.75) is 20.0 Å². The maximum absolute atomic E-state index is 12.9. The third-order valence-electron chi connectivity index (χ3n) is 3.85. The number of carboxylic acids is 1. The van der Waals surface area contributed by atoms with Crippen LogP contribution in [0.2, 0.25) is 10.0 Å². The van der Waals surface area contributed by atoms with Crippen LogP contribution in [0.1, 0.15) is 11.1 Å². The molecule has 2 heterocycles. The molecule has 0 aliphatic heterocycles. The highest BCUT2D eigenvalue weighted by molar-refractivity contribution is 9.11. The lowest BCUT2D eigenvalue weighted by Crippen LogP contribution is -2.41. The predicted molar refractivity (Wildman–Crippen MR) is 106 cm³/mol. The summed E-state index contributed by atoms with van der Waals surface area (Å²) in [6.07, 6.45) is 0. The van der Waals surface area contributed by atoms with Crippen molar-refractivity contribution in [1.82, 2.24) is 9.13 Å². The highest BCUT2D eigenvalue weighted by Crippen LogP contribution is 2.32. The van der Waals surface area contributed by atoms with Crippen LogP contribution in [-0.4, -0.2) is 20.2 Å². The summed E-state index contributed by atoms with van der Waals surface area (Å²) in [5, 5.41) is 10.1. The third-order valence-corrected chi connectivity index (χ3v) is 6.78. The highest BCUT2D eigenvalue weighted by atomic mass is 79.9. The molecule has 3 aromatic rings. The van der Waals surface area contributed by atoms with Crippen molar-refractivity contribution in [2.24, 2.45) is 0 Å². The Bertz CT molecular complexity index is 1170. The molecule has 3 rings (SSSR count). The molecule has 0 amide bonds. The summed E-state index contributed by atoms with van der Waals surface area (Å²) >= 11 is 16.4. The maximum Gasteiger partial charge on any atom is 0.332 e. The molecule has 0 spiro atoms. The van der Waals surface area contributed by atoms with Crippen LogP contribution in [0, 0.1) is 6.92 Å². The topological polar surface area (TPSA) is 81.3 Å². The molecule has 26 heavy (non-hydrogen) atoms. The Morgan fingerprint density at radius 1 is 1.23 bits per heavy atom. The van der Waals surface area contributed by atoms with Gasteiger partial charge in [0.05, 0.1) is 25.8 Å².